The first-order valence-corrected chi connectivity index (χ1v) is 10.9. The Labute approximate surface area is 165 Å². The smallest absolute Gasteiger partial charge is 0.261 e. The summed E-state index contributed by atoms with van der Waals surface area (Å²) in [6, 6.07) is 11.1. The minimum atomic E-state index is -3.89. The summed E-state index contributed by atoms with van der Waals surface area (Å²) >= 11 is 0. The molecule has 3 rings (SSSR count). The largest absolute Gasteiger partial charge is 0.349 e. The molecule has 1 aliphatic carbocycles. The van der Waals surface area contributed by atoms with Crippen molar-refractivity contribution < 1.29 is 17.6 Å². The first-order chi connectivity index (χ1) is 13.3. The summed E-state index contributed by atoms with van der Waals surface area (Å²) in [6.07, 6.45) is 3.17. The fourth-order valence-corrected chi connectivity index (χ4v) is 4.68. The SMILES string of the molecule is C[C@@H]1[C@H](C)CCC[C@H]1NC(=O)c1cccc(S(=O)(=O)Nc2ccc(F)cc2)c1. The lowest BCUT2D eigenvalue weighted by Crippen LogP contribution is -2.43. The van der Waals surface area contributed by atoms with Crippen LogP contribution in [0.1, 0.15) is 43.5 Å². The molecule has 1 amide bonds. The van der Waals surface area contributed by atoms with E-state index < -0.39 is 15.8 Å². The van der Waals surface area contributed by atoms with E-state index in [0.717, 1.165) is 19.3 Å². The Morgan fingerprint density at radius 3 is 2.50 bits per heavy atom. The molecule has 2 aromatic rings. The molecule has 0 spiro atoms. The summed E-state index contributed by atoms with van der Waals surface area (Å²) < 4.78 is 40.6. The number of hydrogen-bond acceptors (Lipinski definition) is 3. The average Bonchev–Trinajstić information content (AvgIpc) is 2.67. The molecule has 0 aromatic heterocycles. The molecule has 1 fully saturated rings. The van der Waals surface area contributed by atoms with Crippen LogP contribution in [-0.2, 0) is 10.0 Å². The van der Waals surface area contributed by atoms with Gasteiger partial charge in [-0.15, -0.1) is 0 Å². The van der Waals surface area contributed by atoms with Gasteiger partial charge < -0.3 is 5.32 Å². The molecule has 0 unspecified atom stereocenters. The number of anilines is 1. The highest BCUT2D eigenvalue weighted by Crippen LogP contribution is 2.29. The van der Waals surface area contributed by atoms with Crippen LogP contribution in [0.15, 0.2) is 53.4 Å². The lowest BCUT2D eigenvalue weighted by molar-refractivity contribution is 0.0891. The van der Waals surface area contributed by atoms with Crippen molar-refractivity contribution >= 4 is 21.6 Å². The molecule has 2 N–H and O–H groups in total. The quantitative estimate of drug-likeness (QED) is 0.785. The molecule has 0 heterocycles. The van der Waals surface area contributed by atoms with Gasteiger partial charge >= 0.3 is 0 Å². The second kappa shape index (κ2) is 8.31. The zero-order valence-corrected chi connectivity index (χ0v) is 16.8. The summed E-state index contributed by atoms with van der Waals surface area (Å²) in [4.78, 5) is 12.7. The zero-order valence-electron chi connectivity index (χ0n) is 16.0. The summed E-state index contributed by atoms with van der Waals surface area (Å²) in [5, 5.41) is 3.05. The molecule has 7 heteroatoms. The highest BCUT2D eigenvalue weighted by molar-refractivity contribution is 7.92. The number of nitrogens with one attached hydrogen (secondary N) is 2. The van der Waals surface area contributed by atoms with Gasteiger partial charge in [0.15, 0.2) is 0 Å². The molecule has 2 aromatic carbocycles. The Balaban J connectivity index is 1.75. The molecule has 3 atom stereocenters. The fourth-order valence-electron chi connectivity index (χ4n) is 3.57. The maximum absolute atomic E-state index is 13.0. The average molecular weight is 405 g/mol. The van der Waals surface area contributed by atoms with Gasteiger partial charge in [0.2, 0.25) is 0 Å². The van der Waals surface area contributed by atoms with Crippen LogP contribution >= 0.6 is 0 Å². The number of benzene rings is 2. The van der Waals surface area contributed by atoms with Gasteiger partial charge in [0.05, 0.1) is 4.90 Å². The second-order valence-electron chi connectivity index (χ2n) is 7.49. The minimum Gasteiger partial charge on any atom is -0.349 e. The van der Waals surface area contributed by atoms with Crippen LogP contribution in [0.2, 0.25) is 0 Å². The molecular weight excluding hydrogens is 379 g/mol. The van der Waals surface area contributed by atoms with Gasteiger partial charge in [0.25, 0.3) is 15.9 Å². The normalized spacial score (nSPS) is 22.5. The van der Waals surface area contributed by atoms with E-state index in [-0.39, 0.29) is 22.5 Å². The van der Waals surface area contributed by atoms with Crippen LogP contribution in [0, 0.1) is 17.7 Å². The third-order valence-electron chi connectivity index (χ3n) is 5.53. The van der Waals surface area contributed by atoms with E-state index in [0.29, 0.717) is 17.4 Å². The van der Waals surface area contributed by atoms with Gasteiger partial charge in [0, 0.05) is 17.3 Å². The van der Waals surface area contributed by atoms with Crippen molar-refractivity contribution in [3.8, 4) is 0 Å². The van der Waals surface area contributed by atoms with E-state index in [2.05, 4.69) is 23.9 Å². The van der Waals surface area contributed by atoms with E-state index in [1.54, 1.807) is 12.1 Å². The van der Waals surface area contributed by atoms with E-state index in [1.807, 2.05) is 0 Å². The minimum absolute atomic E-state index is 0.0189. The summed E-state index contributed by atoms with van der Waals surface area (Å²) in [7, 11) is -3.89. The lowest BCUT2D eigenvalue weighted by Gasteiger charge is -2.34. The van der Waals surface area contributed by atoms with Crippen molar-refractivity contribution in [2.24, 2.45) is 11.8 Å². The van der Waals surface area contributed by atoms with Crippen molar-refractivity contribution in [1.29, 1.82) is 0 Å². The molecule has 0 saturated heterocycles. The molecule has 150 valence electrons. The van der Waals surface area contributed by atoms with E-state index in [1.165, 1.54) is 36.4 Å². The highest BCUT2D eigenvalue weighted by Gasteiger charge is 2.28. The van der Waals surface area contributed by atoms with Gasteiger partial charge in [0.1, 0.15) is 5.82 Å². The third kappa shape index (κ3) is 4.70. The lowest BCUT2D eigenvalue weighted by atomic mass is 9.78. The first kappa shape index (κ1) is 20.3. The molecule has 28 heavy (non-hydrogen) atoms. The number of sulfonamides is 1. The van der Waals surface area contributed by atoms with Crippen molar-refractivity contribution in [3.63, 3.8) is 0 Å². The molecule has 1 aliphatic rings. The number of rotatable bonds is 5. The molecular formula is C21H25FN2O3S. The van der Waals surface area contributed by atoms with Gasteiger partial charge in [-0.25, -0.2) is 12.8 Å². The summed E-state index contributed by atoms with van der Waals surface area (Å²) in [5.41, 5.74) is 0.550. The first-order valence-electron chi connectivity index (χ1n) is 9.45. The van der Waals surface area contributed by atoms with Crippen LogP contribution in [0.25, 0.3) is 0 Å². The summed E-state index contributed by atoms with van der Waals surface area (Å²) in [5.74, 6) is 0.202. The molecule has 0 radical (unpaired) electrons. The number of halogens is 1. The van der Waals surface area contributed by atoms with E-state index in [4.69, 9.17) is 0 Å². The molecule has 1 saturated carbocycles. The van der Waals surface area contributed by atoms with E-state index >= 15 is 0 Å². The standard InChI is InChI=1S/C21H25FN2O3S/c1-14-5-3-8-20(15(14)2)23-21(25)16-6-4-7-19(13-16)28(26,27)24-18-11-9-17(22)10-12-18/h4,6-7,9-15,20,24H,3,5,8H2,1-2H3,(H,23,25)/t14-,15-,20-/m1/s1. The predicted molar refractivity (Wildman–Crippen MR) is 107 cm³/mol. The second-order valence-corrected chi connectivity index (χ2v) is 9.17. The van der Waals surface area contributed by atoms with Crippen LogP contribution < -0.4 is 10.0 Å². The van der Waals surface area contributed by atoms with Crippen LogP contribution in [0.4, 0.5) is 10.1 Å². The van der Waals surface area contributed by atoms with Crippen LogP contribution in [0.5, 0.6) is 0 Å². The predicted octanol–water partition coefficient (Wildman–Crippen LogP) is 4.18. The van der Waals surface area contributed by atoms with Crippen LogP contribution in [0.3, 0.4) is 0 Å². The van der Waals surface area contributed by atoms with Crippen molar-refractivity contribution in [1.82, 2.24) is 5.32 Å². The number of carbonyl (C=O) groups is 1. The van der Waals surface area contributed by atoms with Crippen molar-refractivity contribution in [2.45, 2.75) is 44.0 Å². The van der Waals surface area contributed by atoms with Crippen LogP contribution in [-0.4, -0.2) is 20.4 Å². The molecule has 5 nitrogen and oxygen atoms in total. The maximum Gasteiger partial charge on any atom is 0.261 e. The molecule has 0 aliphatic heterocycles. The number of carbonyl (C=O) groups excluding carboxylic acids is 1. The topological polar surface area (TPSA) is 75.3 Å². The summed E-state index contributed by atoms with van der Waals surface area (Å²) in [6.45, 7) is 4.33. The third-order valence-corrected chi connectivity index (χ3v) is 6.91. The maximum atomic E-state index is 13.0. The Kier molecular flexibility index (Phi) is 6.03. The Hall–Kier alpha value is -2.41. The molecule has 0 bridgehead atoms. The number of hydrogen-bond donors (Lipinski definition) is 2. The fraction of sp³-hybridized carbons (Fsp3) is 0.381. The van der Waals surface area contributed by atoms with Gasteiger partial charge in [-0.3, -0.25) is 9.52 Å². The van der Waals surface area contributed by atoms with E-state index in [9.17, 15) is 17.6 Å². The zero-order chi connectivity index (χ0) is 20.3. The van der Waals surface area contributed by atoms with Gasteiger partial charge in [-0.05, 0) is 60.7 Å². The number of amides is 1. The van der Waals surface area contributed by atoms with Gasteiger partial charge in [-0.2, -0.15) is 0 Å². The monoisotopic (exact) mass is 404 g/mol. The Bertz CT molecular complexity index is 944. The highest BCUT2D eigenvalue weighted by atomic mass is 32.2. The van der Waals surface area contributed by atoms with Gasteiger partial charge in [-0.1, -0.05) is 32.8 Å². The Morgan fingerprint density at radius 2 is 1.79 bits per heavy atom. The Morgan fingerprint density at radius 1 is 1.07 bits per heavy atom. The van der Waals surface area contributed by atoms with Crippen molar-refractivity contribution in [3.05, 3.63) is 59.9 Å². The van der Waals surface area contributed by atoms with Crippen molar-refractivity contribution in [2.75, 3.05) is 4.72 Å².